The fourth-order valence-corrected chi connectivity index (χ4v) is 0.403. The van der Waals surface area contributed by atoms with Crippen molar-refractivity contribution in [2.45, 2.75) is 32.7 Å². The molecular weight excluding hydrogens is 150 g/mol. The summed E-state index contributed by atoms with van der Waals surface area (Å²) in [6.45, 7) is 3.90. The van der Waals surface area contributed by atoms with Gasteiger partial charge in [-0.2, -0.15) is 0 Å². The lowest BCUT2D eigenvalue weighted by Gasteiger charge is -2.19. The normalized spacial score (nSPS) is 16.3. The number of hydrogen-bond donors (Lipinski definition) is 2. The Morgan fingerprint density at radius 2 is 2.09 bits per heavy atom. The van der Waals surface area contributed by atoms with Gasteiger partial charge in [-0.15, -0.1) is 0 Å². The number of rotatable bonds is 3. The number of nitrogens with one attached hydrogen (secondary N) is 1. The van der Waals surface area contributed by atoms with Crippen molar-refractivity contribution in [1.82, 2.24) is 5.32 Å². The van der Waals surface area contributed by atoms with Crippen LogP contribution in [-0.4, -0.2) is 12.0 Å². The highest BCUT2D eigenvalue weighted by Gasteiger charge is 2.28. The largest absolute Gasteiger partial charge is 0.401 e. The number of halogens is 2. The van der Waals surface area contributed by atoms with Crippen molar-refractivity contribution in [3.63, 3.8) is 0 Å². The standard InChI is InChI=1S/C7H14F2N2/c1-5(10)4-11-6(2)7(3,8)9/h4,6,11H,10H2,1-3H3/b5-4-/t6-/m0/s1. The molecule has 0 saturated carbocycles. The third-order valence-electron chi connectivity index (χ3n) is 1.32. The topological polar surface area (TPSA) is 38.0 Å². The van der Waals surface area contributed by atoms with Crippen LogP contribution in [0, 0.1) is 0 Å². The van der Waals surface area contributed by atoms with E-state index in [2.05, 4.69) is 5.32 Å². The lowest BCUT2D eigenvalue weighted by molar-refractivity contribution is -0.00784. The van der Waals surface area contributed by atoms with Gasteiger partial charge in [0.1, 0.15) is 0 Å². The first-order valence-corrected chi connectivity index (χ1v) is 3.40. The van der Waals surface area contributed by atoms with Gasteiger partial charge in [0.15, 0.2) is 0 Å². The molecule has 0 saturated heterocycles. The molecule has 1 atom stereocenters. The smallest absolute Gasteiger partial charge is 0.264 e. The van der Waals surface area contributed by atoms with Crippen molar-refractivity contribution < 1.29 is 8.78 Å². The van der Waals surface area contributed by atoms with Crippen LogP contribution in [0.25, 0.3) is 0 Å². The molecule has 0 bridgehead atoms. The Morgan fingerprint density at radius 1 is 1.64 bits per heavy atom. The van der Waals surface area contributed by atoms with E-state index in [-0.39, 0.29) is 0 Å². The van der Waals surface area contributed by atoms with Crippen LogP contribution in [0.3, 0.4) is 0 Å². The first-order valence-electron chi connectivity index (χ1n) is 3.40. The van der Waals surface area contributed by atoms with Gasteiger partial charge in [0, 0.05) is 18.8 Å². The van der Waals surface area contributed by atoms with Gasteiger partial charge in [0.2, 0.25) is 0 Å². The van der Waals surface area contributed by atoms with Gasteiger partial charge in [0.25, 0.3) is 5.92 Å². The molecule has 0 aromatic heterocycles. The number of nitrogens with two attached hydrogens (primary N) is 1. The molecule has 0 aliphatic heterocycles. The van der Waals surface area contributed by atoms with Gasteiger partial charge in [0.05, 0.1) is 6.04 Å². The predicted molar refractivity (Wildman–Crippen MR) is 41.2 cm³/mol. The van der Waals surface area contributed by atoms with Crippen LogP contribution in [0.2, 0.25) is 0 Å². The molecule has 3 N–H and O–H groups in total. The summed E-state index contributed by atoms with van der Waals surface area (Å²) in [5.74, 6) is -2.72. The monoisotopic (exact) mass is 164 g/mol. The quantitative estimate of drug-likeness (QED) is 0.662. The third kappa shape index (κ3) is 4.58. The van der Waals surface area contributed by atoms with Gasteiger partial charge >= 0.3 is 0 Å². The molecule has 0 amide bonds. The summed E-state index contributed by atoms with van der Waals surface area (Å²) in [7, 11) is 0. The van der Waals surface area contributed by atoms with E-state index < -0.39 is 12.0 Å². The highest BCUT2D eigenvalue weighted by Crippen LogP contribution is 2.16. The average molecular weight is 164 g/mol. The van der Waals surface area contributed by atoms with Gasteiger partial charge in [-0.25, -0.2) is 8.78 Å². The lowest BCUT2D eigenvalue weighted by Crippen LogP contribution is -2.37. The molecule has 0 heterocycles. The van der Waals surface area contributed by atoms with E-state index in [1.165, 1.54) is 13.1 Å². The predicted octanol–water partition coefficient (Wildman–Crippen LogP) is 1.44. The summed E-state index contributed by atoms with van der Waals surface area (Å²) < 4.78 is 24.9. The Morgan fingerprint density at radius 3 is 2.36 bits per heavy atom. The summed E-state index contributed by atoms with van der Waals surface area (Å²) in [5, 5.41) is 2.48. The van der Waals surface area contributed by atoms with E-state index in [1.54, 1.807) is 6.92 Å². The number of alkyl halides is 2. The molecule has 0 unspecified atom stereocenters. The zero-order valence-corrected chi connectivity index (χ0v) is 6.99. The van der Waals surface area contributed by atoms with Crippen molar-refractivity contribution in [2.24, 2.45) is 5.73 Å². The van der Waals surface area contributed by atoms with Crippen LogP contribution in [0.4, 0.5) is 8.78 Å². The maximum Gasteiger partial charge on any atom is 0.264 e. The number of allylic oxidation sites excluding steroid dienone is 1. The SMILES string of the molecule is C/C(N)=C/N[C@@H](C)C(C)(F)F. The van der Waals surface area contributed by atoms with E-state index in [0.717, 1.165) is 6.92 Å². The molecule has 11 heavy (non-hydrogen) atoms. The molecule has 0 aliphatic rings. The van der Waals surface area contributed by atoms with Gasteiger partial charge in [-0.1, -0.05) is 0 Å². The summed E-state index contributed by atoms with van der Waals surface area (Å²) >= 11 is 0. The first kappa shape index (κ1) is 10.2. The van der Waals surface area contributed by atoms with Crippen molar-refractivity contribution in [2.75, 3.05) is 0 Å². The maximum atomic E-state index is 12.4. The summed E-state index contributed by atoms with van der Waals surface area (Å²) in [4.78, 5) is 0. The lowest BCUT2D eigenvalue weighted by atomic mass is 10.2. The van der Waals surface area contributed by atoms with Gasteiger partial charge < -0.3 is 11.1 Å². The number of hydrogen-bond acceptors (Lipinski definition) is 2. The fraction of sp³-hybridized carbons (Fsp3) is 0.714. The minimum Gasteiger partial charge on any atom is -0.401 e. The van der Waals surface area contributed by atoms with Crippen LogP contribution in [0.1, 0.15) is 20.8 Å². The average Bonchev–Trinajstić information content (AvgIpc) is 1.80. The van der Waals surface area contributed by atoms with Gasteiger partial charge in [-0.05, 0) is 13.8 Å². The zero-order valence-electron chi connectivity index (χ0n) is 6.99. The molecule has 0 radical (unpaired) electrons. The molecule has 4 heteroatoms. The Kier molecular flexibility index (Phi) is 3.29. The van der Waals surface area contributed by atoms with Crippen LogP contribution in [-0.2, 0) is 0 Å². The van der Waals surface area contributed by atoms with Crippen molar-refractivity contribution >= 4 is 0 Å². The molecule has 66 valence electrons. The van der Waals surface area contributed by atoms with E-state index in [9.17, 15) is 8.78 Å². The molecular formula is C7H14F2N2. The summed E-state index contributed by atoms with van der Waals surface area (Å²) in [5.41, 5.74) is 5.72. The van der Waals surface area contributed by atoms with Crippen molar-refractivity contribution in [3.05, 3.63) is 11.9 Å². The van der Waals surface area contributed by atoms with Crippen LogP contribution < -0.4 is 11.1 Å². The molecule has 0 spiro atoms. The molecule has 0 fully saturated rings. The first-order chi connectivity index (χ1) is 4.84. The van der Waals surface area contributed by atoms with Crippen molar-refractivity contribution in [1.29, 1.82) is 0 Å². The van der Waals surface area contributed by atoms with Crippen molar-refractivity contribution in [3.8, 4) is 0 Å². The van der Waals surface area contributed by atoms with Crippen LogP contribution in [0.5, 0.6) is 0 Å². The highest BCUT2D eigenvalue weighted by molar-refractivity contribution is 4.92. The second-order valence-electron chi connectivity index (χ2n) is 2.73. The zero-order chi connectivity index (χ0) is 9.07. The van der Waals surface area contributed by atoms with Crippen LogP contribution >= 0.6 is 0 Å². The Hall–Kier alpha value is -0.800. The molecule has 0 aromatic carbocycles. The molecule has 2 nitrogen and oxygen atoms in total. The van der Waals surface area contributed by atoms with E-state index in [4.69, 9.17) is 5.73 Å². The second kappa shape index (κ2) is 3.55. The Labute approximate surface area is 65.5 Å². The van der Waals surface area contributed by atoms with E-state index >= 15 is 0 Å². The molecule has 0 aliphatic carbocycles. The summed E-state index contributed by atoms with van der Waals surface area (Å²) in [6, 6.07) is -0.888. The van der Waals surface area contributed by atoms with Gasteiger partial charge in [-0.3, -0.25) is 0 Å². The Bertz CT molecular complexity index is 145. The minimum absolute atomic E-state index is 0.487. The Balaban J connectivity index is 3.89. The van der Waals surface area contributed by atoms with E-state index in [0.29, 0.717) is 5.70 Å². The molecule has 0 rings (SSSR count). The fourth-order valence-electron chi connectivity index (χ4n) is 0.403. The highest BCUT2D eigenvalue weighted by atomic mass is 19.3. The van der Waals surface area contributed by atoms with E-state index in [1.807, 2.05) is 0 Å². The minimum atomic E-state index is -2.72. The third-order valence-corrected chi connectivity index (χ3v) is 1.32. The maximum absolute atomic E-state index is 12.4. The summed E-state index contributed by atoms with van der Waals surface area (Å²) in [6.07, 6.45) is 1.38. The molecule has 0 aromatic rings. The second-order valence-corrected chi connectivity index (χ2v) is 2.73. The van der Waals surface area contributed by atoms with Crippen LogP contribution in [0.15, 0.2) is 11.9 Å².